The summed E-state index contributed by atoms with van der Waals surface area (Å²) in [5.41, 5.74) is -0.347. The van der Waals surface area contributed by atoms with Gasteiger partial charge in [-0.1, -0.05) is 6.07 Å². The van der Waals surface area contributed by atoms with Gasteiger partial charge in [-0.15, -0.1) is 0 Å². The van der Waals surface area contributed by atoms with Gasteiger partial charge in [0.2, 0.25) is 11.8 Å². The Hall–Kier alpha value is -2.51. The van der Waals surface area contributed by atoms with Crippen LogP contribution < -0.4 is 5.32 Å². The first kappa shape index (κ1) is 20.8. The summed E-state index contributed by atoms with van der Waals surface area (Å²) >= 11 is 0. The maximum Gasteiger partial charge on any atom is 0.303 e. The van der Waals surface area contributed by atoms with E-state index in [-0.39, 0.29) is 30.4 Å². The molecule has 27 heavy (non-hydrogen) atoms. The number of nitrogens with zero attached hydrogens (tertiary/aromatic N) is 1. The number of carboxylic acid groups (broad SMARTS) is 1. The number of rotatable bonds is 7. The number of halogens is 2. The first-order valence-corrected chi connectivity index (χ1v) is 9.02. The SMILES string of the molecule is CC(=O)N[C@@H](CC(=O)N1CCCC[C@@H]1CCC(=O)O)c1c(F)cccc1F. The molecule has 2 atom stereocenters. The number of amides is 2. The quantitative estimate of drug-likeness (QED) is 0.759. The summed E-state index contributed by atoms with van der Waals surface area (Å²) in [6.45, 7) is 1.68. The highest BCUT2D eigenvalue weighted by atomic mass is 19.1. The lowest BCUT2D eigenvalue weighted by Crippen LogP contribution is -2.45. The predicted molar refractivity (Wildman–Crippen MR) is 93.8 cm³/mol. The molecule has 0 unspecified atom stereocenters. The maximum atomic E-state index is 14.1. The van der Waals surface area contributed by atoms with Gasteiger partial charge in [-0.3, -0.25) is 14.4 Å². The molecule has 0 saturated carbocycles. The Bertz CT molecular complexity index is 691. The van der Waals surface area contributed by atoms with E-state index in [1.165, 1.54) is 13.0 Å². The van der Waals surface area contributed by atoms with Gasteiger partial charge in [0, 0.05) is 31.5 Å². The van der Waals surface area contributed by atoms with Gasteiger partial charge in [0.25, 0.3) is 0 Å². The zero-order chi connectivity index (χ0) is 20.0. The number of benzene rings is 1. The van der Waals surface area contributed by atoms with Gasteiger partial charge in [-0.2, -0.15) is 0 Å². The average molecular weight is 382 g/mol. The summed E-state index contributed by atoms with van der Waals surface area (Å²) in [7, 11) is 0. The summed E-state index contributed by atoms with van der Waals surface area (Å²) in [4.78, 5) is 36.8. The van der Waals surface area contributed by atoms with Crippen LogP contribution in [0.1, 0.15) is 57.1 Å². The zero-order valence-corrected chi connectivity index (χ0v) is 15.2. The van der Waals surface area contributed by atoms with Gasteiger partial charge < -0.3 is 15.3 Å². The van der Waals surface area contributed by atoms with Crippen molar-refractivity contribution >= 4 is 17.8 Å². The van der Waals surface area contributed by atoms with Crippen LogP contribution in [0, 0.1) is 11.6 Å². The standard InChI is InChI=1S/C19H24F2N2O4/c1-12(24)22-16(19-14(20)6-4-7-15(19)21)11-17(25)23-10-3-2-5-13(23)8-9-18(26)27/h4,6-7,13,16H,2-3,5,8-11H2,1H3,(H,22,24)(H,26,27)/t13-,16+/m1/s1. The predicted octanol–water partition coefficient (Wildman–Crippen LogP) is 2.78. The minimum Gasteiger partial charge on any atom is -0.481 e. The van der Waals surface area contributed by atoms with E-state index in [9.17, 15) is 23.2 Å². The molecule has 1 aromatic carbocycles. The van der Waals surface area contributed by atoms with Crippen molar-refractivity contribution in [1.29, 1.82) is 0 Å². The van der Waals surface area contributed by atoms with Crippen LogP contribution >= 0.6 is 0 Å². The molecule has 8 heteroatoms. The van der Waals surface area contributed by atoms with E-state index in [1.54, 1.807) is 4.90 Å². The third kappa shape index (κ3) is 5.74. The maximum absolute atomic E-state index is 14.1. The molecule has 0 aliphatic carbocycles. The van der Waals surface area contributed by atoms with Gasteiger partial charge in [-0.25, -0.2) is 8.78 Å². The van der Waals surface area contributed by atoms with E-state index < -0.39 is 29.6 Å². The fourth-order valence-electron chi connectivity index (χ4n) is 3.53. The number of aliphatic carboxylic acids is 1. The monoisotopic (exact) mass is 382 g/mol. The Morgan fingerprint density at radius 1 is 1.26 bits per heavy atom. The highest BCUT2D eigenvalue weighted by Crippen LogP contribution is 2.27. The molecule has 0 bridgehead atoms. The molecule has 148 valence electrons. The lowest BCUT2D eigenvalue weighted by Gasteiger charge is -2.36. The number of nitrogens with one attached hydrogen (secondary N) is 1. The minimum absolute atomic E-state index is 0.0501. The smallest absolute Gasteiger partial charge is 0.303 e. The number of piperidine rings is 1. The third-order valence-corrected chi connectivity index (χ3v) is 4.74. The van der Waals surface area contributed by atoms with Crippen molar-refractivity contribution in [2.24, 2.45) is 0 Å². The van der Waals surface area contributed by atoms with Crippen LogP contribution in [0.3, 0.4) is 0 Å². The van der Waals surface area contributed by atoms with Crippen molar-refractivity contribution in [3.05, 3.63) is 35.4 Å². The van der Waals surface area contributed by atoms with Crippen molar-refractivity contribution in [1.82, 2.24) is 10.2 Å². The first-order valence-electron chi connectivity index (χ1n) is 9.02. The van der Waals surface area contributed by atoms with Crippen LogP contribution in [-0.4, -0.2) is 40.4 Å². The van der Waals surface area contributed by atoms with Crippen LogP contribution in [0.25, 0.3) is 0 Å². The van der Waals surface area contributed by atoms with Gasteiger partial charge in [-0.05, 0) is 37.8 Å². The molecule has 0 aromatic heterocycles. The molecule has 1 aromatic rings. The van der Waals surface area contributed by atoms with E-state index in [4.69, 9.17) is 5.11 Å². The largest absolute Gasteiger partial charge is 0.481 e. The van der Waals surface area contributed by atoms with Crippen LogP contribution in [-0.2, 0) is 14.4 Å². The van der Waals surface area contributed by atoms with Crippen molar-refractivity contribution in [3.63, 3.8) is 0 Å². The Morgan fingerprint density at radius 2 is 1.93 bits per heavy atom. The molecular formula is C19H24F2N2O4. The number of carbonyl (C=O) groups excluding carboxylic acids is 2. The summed E-state index contributed by atoms with van der Waals surface area (Å²) in [5, 5.41) is 11.3. The number of likely N-dealkylation sites (tertiary alicyclic amines) is 1. The van der Waals surface area contributed by atoms with Crippen LogP contribution in [0.4, 0.5) is 8.78 Å². The lowest BCUT2D eigenvalue weighted by molar-refractivity contribution is -0.140. The van der Waals surface area contributed by atoms with E-state index >= 15 is 0 Å². The first-order chi connectivity index (χ1) is 12.8. The fraction of sp³-hybridized carbons (Fsp3) is 0.526. The lowest BCUT2D eigenvalue weighted by atomic mass is 9.95. The number of carboxylic acids is 1. The molecule has 1 fully saturated rings. The van der Waals surface area contributed by atoms with E-state index in [2.05, 4.69) is 5.32 Å². The zero-order valence-electron chi connectivity index (χ0n) is 15.2. The van der Waals surface area contributed by atoms with Crippen LogP contribution in [0.15, 0.2) is 18.2 Å². The van der Waals surface area contributed by atoms with Gasteiger partial charge in [0.15, 0.2) is 0 Å². The second kappa shape index (κ2) is 9.43. The molecule has 2 rings (SSSR count). The highest BCUT2D eigenvalue weighted by Gasteiger charge is 2.31. The Balaban J connectivity index is 2.19. The second-order valence-corrected chi connectivity index (χ2v) is 6.76. The molecule has 2 amide bonds. The molecule has 0 radical (unpaired) electrons. The van der Waals surface area contributed by atoms with Gasteiger partial charge >= 0.3 is 5.97 Å². The Labute approximate surface area is 156 Å². The molecule has 2 N–H and O–H groups in total. The topological polar surface area (TPSA) is 86.7 Å². The molecule has 6 nitrogen and oxygen atoms in total. The molecule has 1 aliphatic rings. The number of hydrogen-bond acceptors (Lipinski definition) is 3. The van der Waals surface area contributed by atoms with Gasteiger partial charge in [0.05, 0.1) is 12.5 Å². The number of hydrogen-bond donors (Lipinski definition) is 2. The molecule has 1 aliphatic heterocycles. The normalized spacial score (nSPS) is 18.0. The van der Waals surface area contributed by atoms with Crippen molar-refractivity contribution in [2.75, 3.05) is 6.54 Å². The molecule has 1 heterocycles. The summed E-state index contributed by atoms with van der Waals surface area (Å²) in [6.07, 6.45) is 2.36. The number of carbonyl (C=O) groups is 3. The minimum atomic E-state index is -1.13. The summed E-state index contributed by atoms with van der Waals surface area (Å²) in [6, 6.07) is 2.03. The summed E-state index contributed by atoms with van der Waals surface area (Å²) in [5.74, 6) is -3.45. The summed E-state index contributed by atoms with van der Waals surface area (Å²) < 4.78 is 28.3. The van der Waals surface area contributed by atoms with Crippen molar-refractivity contribution in [2.45, 2.75) is 57.5 Å². The average Bonchev–Trinajstić information content (AvgIpc) is 2.59. The van der Waals surface area contributed by atoms with Crippen LogP contribution in [0.2, 0.25) is 0 Å². The third-order valence-electron chi connectivity index (χ3n) is 4.74. The van der Waals surface area contributed by atoms with E-state index in [0.29, 0.717) is 19.4 Å². The van der Waals surface area contributed by atoms with Crippen LogP contribution in [0.5, 0.6) is 0 Å². The molecular weight excluding hydrogens is 358 g/mol. The molecule has 1 saturated heterocycles. The van der Waals surface area contributed by atoms with E-state index in [0.717, 1.165) is 25.0 Å². The Kier molecular flexibility index (Phi) is 7.27. The van der Waals surface area contributed by atoms with Crippen molar-refractivity contribution in [3.8, 4) is 0 Å². The highest BCUT2D eigenvalue weighted by molar-refractivity contribution is 5.79. The fourth-order valence-corrected chi connectivity index (χ4v) is 3.53. The van der Waals surface area contributed by atoms with E-state index in [1.807, 2.05) is 0 Å². The van der Waals surface area contributed by atoms with Gasteiger partial charge in [0.1, 0.15) is 11.6 Å². The Morgan fingerprint density at radius 3 is 2.52 bits per heavy atom. The second-order valence-electron chi connectivity index (χ2n) is 6.76. The van der Waals surface area contributed by atoms with Crippen molar-refractivity contribution < 1.29 is 28.3 Å². The molecule has 0 spiro atoms.